The number of carbonyl (C=O) groups excluding carboxylic acids is 1. The van der Waals surface area contributed by atoms with Crippen LogP contribution in [0.1, 0.15) is 25.0 Å². The van der Waals surface area contributed by atoms with Crippen LogP contribution < -0.4 is 10.1 Å². The van der Waals surface area contributed by atoms with Crippen LogP contribution in [0, 0.1) is 0 Å². The van der Waals surface area contributed by atoms with Gasteiger partial charge in [-0.1, -0.05) is 6.07 Å². The van der Waals surface area contributed by atoms with Crippen molar-refractivity contribution >= 4 is 5.91 Å². The third-order valence-corrected chi connectivity index (χ3v) is 3.32. The number of benzene rings is 1. The second kappa shape index (κ2) is 5.00. The molecule has 0 aliphatic heterocycles. The standard InChI is InChI=1S/C14H16F3NO2/c1-3-20-11-5-4-9-7-13(2,8-10(9)6-11)18-12(19)14(15,16)17/h4-6H,3,7-8H2,1-2H3,(H,18,19)/t13-/m0/s1. The maximum absolute atomic E-state index is 12.3. The van der Waals surface area contributed by atoms with E-state index in [0.717, 1.165) is 11.1 Å². The Morgan fingerprint density at radius 2 is 2.00 bits per heavy atom. The van der Waals surface area contributed by atoms with Crippen LogP contribution in [0.4, 0.5) is 13.2 Å². The number of fused-ring (bicyclic) bond motifs is 1. The minimum Gasteiger partial charge on any atom is -0.494 e. The number of nitrogens with one attached hydrogen (secondary N) is 1. The summed E-state index contributed by atoms with van der Waals surface area (Å²) in [4.78, 5) is 11.1. The lowest BCUT2D eigenvalue weighted by Crippen LogP contribution is -2.51. The number of alkyl halides is 3. The molecule has 1 amide bonds. The molecule has 0 radical (unpaired) electrons. The number of carbonyl (C=O) groups is 1. The van der Waals surface area contributed by atoms with Crippen molar-refractivity contribution in [2.24, 2.45) is 0 Å². The van der Waals surface area contributed by atoms with Gasteiger partial charge in [0.05, 0.1) is 6.61 Å². The van der Waals surface area contributed by atoms with Crippen LogP contribution in [-0.2, 0) is 17.6 Å². The first-order valence-corrected chi connectivity index (χ1v) is 6.37. The SMILES string of the molecule is CCOc1ccc2c(c1)C[C@@](C)(NC(=O)C(F)(F)F)C2. The Morgan fingerprint density at radius 3 is 2.60 bits per heavy atom. The fourth-order valence-electron chi connectivity index (χ4n) is 2.53. The predicted octanol–water partition coefficient (Wildman–Crippen LogP) is 2.62. The molecular weight excluding hydrogens is 271 g/mol. The Hall–Kier alpha value is -1.72. The van der Waals surface area contributed by atoms with Gasteiger partial charge in [0.1, 0.15) is 5.75 Å². The van der Waals surface area contributed by atoms with E-state index in [9.17, 15) is 18.0 Å². The Kier molecular flexibility index (Phi) is 3.67. The van der Waals surface area contributed by atoms with Gasteiger partial charge in [0, 0.05) is 5.54 Å². The van der Waals surface area contributed by atoms with Crippen molar-refractivity contribution in [3.8, 4) is 5.75 Å². The summed E-state index contributed by atoms with van der Waals surface area (Å²) in [5, 5.41) is 2.09. The van der Waals surface area contributed by atoms with Crippen LogP contribution in [0.25, 0.3) is 0 Å². The molecule has 0 fully saturated rings. The van der Waals surface area contributed by atoms with E-state index in [4.69, 9.17) is 4.74 Å². The summed E-state index contributed by atoms with van der Waals surface area (Å²) in [7, 11) is 0. The average Bonchev–Trinajstić information content (AvgIpc) is 2.63. The van der Waals surface area contributed by atoms with Crippen molar-refractivity contribution in [3.05, 3.63) is 29.3 Å². The lowest BCUT2D eigenvalue weighted by molar-refractivity contribution is -0.175. The van der Waals surface area contributed by atoms with Crippen molar-refractivity contribution in [2.75, 3.05) is 6.61 Å². The third-order valence-electron chi connectivity index (χ3n) is 3.32. The van der Waals surface area contributed by atoms with Crippen molar-refractivity contribution in [1.29, 1.82) is 0 Å². The van der Waals surface area contributed by atoms with Crippen molar-refractivity contribution in [3.63, 3.8) is 0 Å². The number of rotatable bonds is 3. The molecule has 6 heteroatoms. The highest BCUT2D eigenvalue weighted by Gasteiger charge is 2.44. The van der Waals surface area contributed by atoms with Gasteiger partial charge in [-0.3, -0.25) is 4.79 Å². The van der Waals surface area contributed by atoms with Gasteiger partial charge in [-0.25, -0.2) is 0 Å². The van der Waals surface area contributed by atoms with Crippen LogP contribution in [0.5, 0.6) is 5.75 Å². The fourth-order valence-corrected chi connectivity index (χ4v) is 2.53. The quantitative estimate of drug-likeness (QED) is 0.928. The highest BCUT2D eigenvalue weighted by molar-refractivity contribution is 5.82. The molecule has 1 aromatic rings. The molecule has 0 bridgehead atoms. The molecule has 0 unspecified atom stereocenters. The molecule has 0 saturated heterocycles. The summed E-state index contributed by atoms with van der Waals surface area (Å²) >= 11 is 0. The molecule has 1 N–H and O–H groups in total. The summed E-state index contributed by atoms with van der Waals surface area (Å²) < 4.78 is 42.4. The summed E-state index contributed by atoms with van der Waals surface area (Å²) in [5.74, 6) is -1.20. The fraction of sp³-hybridized carbons (Fsp3) is 0.500. The minimum absolute atomic E-state index is 0.366. The highest BCUT2D eigenvalue weighted by Crippen LogP contribution is 2.33. The first-order valence-electron chi connectivity index (χ1n) is 6.37. The first kappa shape index (κ1) is 14.7. The van der Waals surface area contributed by atoms with Gasteiger partial charge in [0.25, 0.3) is 0 Å². The van der Waals surface area contributed by atoms with Gasteiger partial charge in [0.2, 0.25) is 0 Å². The zero-order valence-electron chi connectivity index (χ0n) is 11.3. The number of ether oxygens (including phenoxy) is 1. The Bertz CT molecular complexity index is 528. The van der Waals surface area contributed by atoms with Gasteiger partial charge < -0.3 is 10.1 Å². The van der Waals surface area contributed by atoms with Crippen LogP contribution in [-0.4, -0.2) is 24.2 Å². The molecule has 0 saturated carbocycles. The first-order chi connectivity index (χ1) is 9.23. The van der Waals surface area contributed by atoms with Crippen LogP contribution >= 0.6 is 0 Å². The molecule has 20 heavy (non-hydrogen) atoms. The van der Waals surface area contributed by atoms with E-state index in [2.05, 4.69) is 5.32 Å². The van der Waals surface area contributed by atoms with Crippen molar-refractivity contribution in [2.45, 2.75) is 38.4 Å². The second-order valence-corrected chi connectivity index (χ2v) is 5.23. The molecule has 1 atom stereocenters. The van der Waals surface area contributed by atoms with Crippen LogP contribution in [0.2, 0.25) is 0 Å². The van der Waals surface area contributed by atoms with E-state index < -0.39 is 17.6 Å². The molecule has 0 spiro atoms. The molecule has 3 nitrogen and oxygen atoms in total. The van der Waals surface area contributed by atoms with Crippen LogP contribution in [0.3, 0.4) is 0 Å². The zero-order valence-corrected chi connectivity index (χ0v) is 11.3. The number of amides is 1. The van der Waals surface area contributed by atoms with E-state index >= 15 is 0 Å². The smallest absolute Gasteiger partial charge is 0.471 e. The van der Waals surface area contributed by atoms with Gasteiger partial charge in [-0.15, -0.1) is 0 Å². The number of hydrogen-bond acceptors (Lipinski definition) is 2. The van der Waals surface area contributed by atoms with Crippen molar-refractivity contribution < 1.29 is 22.7 Å². The Morgan fingerprint density at radius 1 is 1.35 bits per heavy atom. The maximum Gasteiger partial charge on any atom is 0.471 e. The van der Waals surface area contributed by atoms with Gasteiger partial charge in [-0.2, -0.15) is 13.2 Å². The van der Waals surface area contributed by atoms with Gasteiger partial charge in [0.15, 0.2) is 0 Å². The molecule has 1 aliphatic carbocycles. The van der Waals surface area contributed by atoms with E-state index in [-0.39, 0.29) is 0 Å². The molecule has 1 aliphatic rings. The van der Waals surface area contributed by atoms with E-state index in [1.54, 1.807) is 13.0 Å². The molecule has 0 aromatic heterocycles. The lowest BCUT2D eigenvalue weighted by Gasteiger charge is -2.25. The summed E-state index contributed by atoms with van der Waals surface area (Å²) in [6, 6.07) is 5.45. The summed E-state index contributed by atoms with van der Waals surface area (Å²) in [6.07, 6.45) is -4.10. The second-order valence-electron chi connectivity index (χ2n) is 5.23. The monoisotopic (exact) mass is 287 g/mol. The molecular formula is C14H16F3NO2. The molecule has 110 valence electrons. The van der Waals surface area contributed by atoms with Gasteiger partial charge in [-0.05, 0) is 49.9 Å². The normalized spacial score (nSPS) is 21.4. The van der Waals surface area contributed by atoms with Gasteiger partial charge >= 0.3 is 12.1 Å². The van der Waals surface area contributed by atoms with E-state index in [0.29, 0.717) is 25.2 Å². The predicted molar refractivity (Wildman–Crippen MR) is 67.6 cm³/mol. The Labute approximate surface area is 115 Å². The summed E-state index contributed by atoms with van der Waals surface area (Å²) in [6.45, 7) is 4.01. The highest BCUT2D eigenvalue weighted by atomic mass is 19.4. The molecule has 1 aromatic carbocycles. The topological polar surface area (TPSA) is 38.3 Å². The summed E-state index contributed by atoms with van der Waals surface area (Å²) in [5.41, 5.74) is 0.958. The van der Waals surface area contributed by atoms with E-state index in [1.165, 1.54) is 0 Å². The van der Waals surface area contributed by atoms with Crippen molar-refractivity contribution in [1.82, 2.24) is 5.32 Å². The zero-order chi connectivity index (χ0) is 15.0. The number of hydrogen-bond donors (Lipinski definition) is 1. The maximum atomic E-state index is 12.3. The van der Waals surface area contributed by atoms with E-state index in [1.807, 2.05) is 19.1 Å². The average molecular weight is 287 g/mol. The Balaban J connectivity index is 2.13. The molecule has 2 rings (SSSR count). The lowest BCUT2D eigenvalue weighted by atomic mass is 9.98. The molecule has 0 heterocycles. The van der Waals surface area contributed by atoms with Crippen LogP contribution in [0.15, 0.2) is 18.2 Å². The largest absolute Gasteiger partial charge is 0.494 e. The minimum atomic E-state index is -4.85. The third kappa shape index (κ3) is 3.05. The number of halogens is 3.